The Hall–Kier alpha value is -2.81. The molecule has 134 valence electrons. The van der Waals surface area contributed by atoms with Gasteiger partial charge in [-0.1, -0.05) is 0 Å². The minimum atomic E-state index is -4.55. The SMILES string of the molecule is O=c1c(C2CNC2)cc2nccnc2n1Cc1ncccc1C(F)(F)F. The Morgan fingerprint density at radius 1 is 1.15 bits per heavy atom. The van der Waals surface area contributed by atoms with Crippen LogP contribution in [0.5, 0.6) is 0 Å². The summed E-state index contributed by atoms with van der Waals surface area (Å²) < 4.78 is 41.0. The first-order valence-electron chi connectivity index (χ1n) is 8.01. The Morgan fingerprint density at radius 2 is 1.92 bits per heavy atom. The van der Waals surface area contributed by atoms with Gasteiger partial charge in [0.15, 0.2) is 5.65 Å². The lowest BCUT2D eigenvalue weighted by Crippen LogP contribution is -2.43. The van der Waals surface area contributed by atoms with Crippen molar-refractivity contribution in [1.29, 1.82) is 0 Å². The largest absolute Gasteiger partial charge is 0.418 e. The average molecular weight is 361 g/mol. The first-order chi connectivity index (χ1) is 12.4. The molecule has 0 aliphatic carbocycles. The molecule has 6 nitrogen and oxygen atoms in total. The van der Waals surface area contributed by atoms with Gasteiger partial charge in [-0.3, -0.25) is 19.3 Å². The molecule has 0 atom stereocenters. The van der Waals surface area contributed by atoms with E-state index in [0.717, 1.165) is 6.07 Å². The fraction of sp³-hybridized carbons (Fsp3) is 0.294. The molecular formula is C17H14F3N5O. The minimum absolute atomic E-state index is 0.0194. The van der Waals surface area contributed by atoms with E-state index in [9.17, 15) is 18.0 Å². The molecule has 0 radical (unpaired) electrons. The molecule has 9 heteroatoms. The zero-order chi connectivity index (χ0) is 18.3. The minimum Gasteiger partial charge on any atom is -0.315 e. The van der Waals surface area contributed by atoms with Gasteiger partial charge in [-0.2, -0.15) is 13.2 Å². The molecule has 3 aromatic rings. The third-order valence-corrected chi connectivity index (χ3v) is 4.47. The van der Waals surface area contributed by atoms with Gasteiger partial charge in [0.2, 0.25) is 0 Å². The molecule has 1 aliphatic rings. The van der Waals surface area contributed by atoms with E-state index < -0.39 is 11.7 Å². The summed E-state index contributed by atoms with van der Waals surface area (Å²) in [4.78, 5) is 25.2. The summed E-state index contributed by atoms with van der Waals surface area (Å²) in [7, 11) is 0. The van der Waals surface area contributed by atoms with Crippen LogP contribution in [0.15, 0.2) is 41.6 Å². The van der Waals surface area contributed by atoms with Gasteiger partial charge in [-0.25, -0.2) is 4.98 Å². The van der Waals surface area contributed by atoms with E-state index in [1.54, 1.807) is 6.07 Å². The van der Waals surface area contributed by atoms with E-state index in [2.05, 4.69) is 20.3 Å². The van der Waals surface area contributed by atoms with Crippen molar-refractivity contribution in [2.75, 3.05) is 13.1 Å². The van der Waals surface area contributed by atoms with Crippen LogP contribution in [-0.4, -0.2) is 32.6 Å². The van der Waals surface area contributed by atoms with Crippen LogP contribution < -0.4 is 10.9 Å². The summed E-state index contributed by atoms with van der Waals surface area (Å²) in [5.41, 5.74) is -0.201. The maximum Gasteiger partial charge on any atom is 0.418 e. The van der Waals surface area contributed by atoms with E-state index >= 15 is 0 Å². The number of nitrogens with zero attached hydrogens (tertiary/aromatic N) is 4. The molecule has 0 amide bonds. The second-order valence-electron chi connectivity index (χ2n) is 6.11. The molecule has 3 aromatic heterocycles. The maximum absolute atomic E-state index is 13.3. The maximum atomic E-state index is 13.3. The molecule has 4 heterocycles. The monoisotopic (exact) mass is 361 g/mol. The summed E-state index contributed by atoms with van der Waals surface area (Å²) in [5, 5.41) is 3.09. The van der Waals surface area contributed by atoms with Crippen molar-refractivity contribution in [3.8, 4) is 0 Å². The average Bonchev–Trinajstić information content (AvgIpc) is 2.56. The first kappa shape index (κ1) is 16.6. The fourth-order valence-corrected chi connectivity index (χ4v) is 3.03. The van der Waals surface area contributed by atoms with Crippen molar-refractivity contribution in [2.45, 2.75) is 18.6 Å². The molecule has 1 aliphatic heterocycles. The normalized spacial score (nSPS) is 15.2. The van der Waals surface area contributed by atoms with Crippen LogP contribution in [0.25, 0.3) is 11.2 Å². The molecule has 1 saturated heterocycles. The van der Waals surface area contributed by atoms with Crippen molar-refractivity contribution in [3.63, 3.8) is 0 Å². The van der Waals surface area contributed by atoms with Crippen LogP contribution in [0.2, 0.25) is 0 Å². The summed E-state index contributed by atoms with van der Waals surface area (Å²) in [5.74, 6) is 0.0194. The molecule has 26 heavy (non-hydrogen) atoms. The Kier molecular flexibility index (Phi) is 3.95. The molecule has 0 saturated carbocycles. The lowest BCUT2D eigenvalue weighted by Gasteiger charge is -2.27. The number of hydrogen-bond donors (Lipinski definition) is 1. The van der Waals surface area contributed by atoms with Crippen molar-refractivity contribution in [1.82, 2.24) is 24.8 Å². The topological polar surface area (TPSA) is 72.7 Å². The van der Waals surface area contributed by atoms with Gasteiger partial charge in [0.1, 0.15) is 5.52 Å². The molecule has 0 unspecified atom stereocenters. The first-order valence-corrected chi connectivity index (χ1v) is 8.01. The molecule has 0 bridgehead atoms. The lowest BCUT2D eigenvalue weighted by molar-refractivity contribution is -0.138. The van der Waals surface area contributed by atoms with Crippen molar-refractivity contribution in [3.05, 3.63) is 64.0 Å². The standard InChI is InChI=1S/C17H14F3N5O/c18-17(19,20)12-2-1-3-22-14(12)9-25-15-13(23-4-5-24-15)6-11(16(25)26)10-7-21-8-10/h1-6,10,21H,7-9H2. The molecule has 1 N–H and O–H groups in total. The van der Waals surface area contributed by atoms with Crippen LogP contribution >= 0.6 is 0 Å². The highest BCUT2D eigenvalue weighted by atomic mass is 19.4. The van der Waals surface area contributed by atoms with Crippen molar-refractivity contribution >= 4 is 11.2 Å². The number of rotatable bonds is 3. The number of nitrogens with one attached hydrogen (secondary N) is 1. The van der Waals surface area contributed by atoms with Crippen molar-refractivity contribution in [2.24, 2.45) is 0 Å². The number of aromatic nitrogens is 4. The van der Waals surface area contributed by atoms with Crippen LogP contribution in [0.3, 0.4) is 0 Å². The van der Waals surface area contributed by atoms with E-state index in [1.165, 1.54) is 29.2 Å². The highest BCUT2D eigenvalue weighted by molar-refractivity contribution is 5.71. The van der Waals surface area contributed by atoms with Gasteiger partial charge in [0.25, 0.3) is 5.56 Å². The Morgan fingerprint density at radius 3 is 2.62 bits per heavy atom. The number of alkyl halides is 3. The van der Waals surface area contributed by atoms with Gasteiger partial charge < -0.3 is 5.32 Å². The zero-order valence-electron chi connectivity index (χ0n) is 13.5. The van der Waals surface area contributed by atoms with Crippen LogP contribution in [0, 0.1) is 0 Å². The number of fused-ring (bicyclic) bond motifs is 1. The molecule has 4 rings (SSSR count). The third-order valence-electron chi connectivity index (χ3n) is 4.47. The van der Waals surface area contributed by atoms with Crippen LogP contribution in [0.4, 0.5) is 13.2 Å². The van der Waals surface area contributed by atoms with Gasteiger partial charge in [-0.15, -0.1) is 0 Å². The smallest absolute Gasteiger partial charge is 0.315 e. The van der Waals surface area contributed by atoms with E-state index in [4.69, 9.17) is 0 Å². The molecular weight excluding hydrogens is 347 g/mol. The number of hydrogen-bond acceptors (Lipinski definition) is 5. The third kappa shape index (κ3) is 2.84. The summed E-state index contributed by atoms with van der Waals surface area (Å²) in [6.07, 6.45) is -0.374. The van der Waals surface area contributed by atoms with Crippen LogP contribution in [-0.2, 0) is 12.7 Å². The second-order valence-corrected chi connectivity index (χ2v) is 6.11. The number of halogens is 3. The summed E-state index contributed by atoms with van der Waals surface area (Å²) in [6, 6.07) is 3.86. The Bertz CT molecular complexity index is 1030. The van der Waals surface area contributed by atoms with E-state index in [-0.39, 0.29) is 29.4 Å². The second kappa shape index (κ2) is 6.17. The Balaban J connectivity index is 1.89. The summed E-state index contributed by atoms with van der Waals surface area (Å²) in [6.45, 7) is 0.981. The molecule has 0 spiro atoms. The molecule has 1 fully saturated rings. The predicted octanol–water partition coefficient (Wildman–Crippen LogP) is 1.94. The van der Waals surface area contributed by atoms with E-state index in [1.807, 2.05) is 0 Å². The zero-order valence-corrected chi connectivity index (χ0v) is 13.5. The Labute approximate surface area is 145 Å². The fourth-order valence-electron chi connectivity index (χ4n) is 3.03. The van der Waals surface area contributed by atoms with E-state index in [0.29, 0.717) is 24.2 Å². The highest BCUT2D eigenvalue weighted by Gasteiger charge is 2.34. The van der Waals surface area contributed by atoms with Gasteiger partial charge >= 0.3 is 6.18 Å². The van der Waals surface area contributed by atoms with Crippen LogP contribution in [0.1, 0.15) is 22.7 Å². The lowest BCUT2D eigenvalue weighted by atomic mass is 9.94. The predicted molar refractivity (Wildman–Crippen MR) is 87.7 cm³/mol. The highest BCUT2D eigenvalue weighted by Crippen LogP contribution is 2.31. The summed E-state index contributed by atoms with van der Waals surface area (Å²) >= 11 is 0. The van der Waals surface area contributed by atoms with Crippen molar-refractivity contribution < 1.29 is 13.2 Å². The van der Waals surface area contributed by atoms with Gasteiger partial charge in [0.05, 0.1) is 17.8 Å². The van der Waals surface area contributed by atoms with Gasteiger partial charge in [-0.05, 0) is 18.2 Å². The number of pyridine rings is 2. The van der Waals surface area contributed by atoms with Gasteiger partial charge in [0, 0.05) is 43.2 Å². The molecule has 0 aromatic carbocycles. The quantitative estimate of drug-likeness (QED) is 0.772.